The molecule has 2 atom stereocenters. The molecule has 2 fully saturated rings. The van der Waals surface area contributed by atoms with Crippen LogP contribution in [-0.4, -0.2) is 35.7 Å². The maximum atomic E-state index is 12.9. The van der Waals surface area contributed by atoms with E-state index in [1.807, 2.05) is 0 Å². The zero-order valence-electron chi connectivity index (χ0n) is 18.5. The monoisotopic (exact) mass is 421 g/mol. The first-order valence-electron chi connectivity index (χ1n) is 11.9. The van der Waals surface area contributed by atoms with E-state index in [4.69, 9.17) is 0 Å². The predicted molar refractivity (Wildman–Crippen MR) is 115 cm³/mol. The van der Waals surface area contributed by atoms with Gasteiger partial charge >= 0.3 is 0 Å². The SMILES string of the molecule is CCCCCCCCC(=O)N[C@H](CC1CCCCC1)C(=O)NC1CCC(=O)NC1=O. The average Bonchev–Trinajstić information content (AvgIpc) is 2.73. The fourth-order valence-electron chi connectivity index (χ4n) is 4.42. The van der Waals surface area contributed by atoms with Crippen molar-refractivity contribution in [2.24, 2.45) is 5.92 Å². The fraction of sp³-hybridized carbons (Fsp3) is 0.826. The van der Waals surface area contributed by atoms with E-state index in [1.165, 1.54) is 25.7 Å². The minimum absolute atomic E-state index is 0.0928. The molecule has 0 aromatic heterocycles. The van der Waals surface area contributed by atoms with Crippen molar-refractivity contribution in [2.75, 3.05) is 0 Å². The smallest absolute Gasteiger partial charge is 0.249 e. The van der Waals surface area contributed by atoms with Gasteiger partial charge in [0.15, 0.2) is 0 Å². The Morgan fingerprint density at radius 2 is 1.70 bits per heavy atom. The van der Waals surface area contributed by atoms with E-state index >= 15 is 0 Å². The number of carbonyl (C=O) groups is 4. The molecule has 0 radical (unpaired) electrons. The van der Waals surface area contributed by atoms with Gasteiger partial charge in [-0.25, -0.2) is 0 Å². The Hall–Kier alpha value is -1.92. The number of nitrogens with one attached hydrogen (secondary N) is 3. The summed E-state index contributed by atoms with van der Waals surface area (Å²) >= 11 is 0. The van der Waals surface area contributed by atoms with E-state index in [0.717, 1.165) is 44.9 Å². The van der Waals surface area contributed by atoms with Crippen molar-refractivity contribution < 1.29 is 19.2 Å². The third-order valence-electron chi connectivity index (χ3n) is 6.26. The van der Waals surface area contributed by atoms with Crippen molar-refractivity contribution >= 4 is 23.6 Å². The molecule has 2 aliphatic rings. The molecule has 0 aromatic carbocycles. The molecule has 1 unspecified atom stereocenters. The van der Waals surface area contributed by atoms with Gasteiger partial charge in [0, 0.05) is 12.8 Å². The van der Waals surface area contributed by atoms with Crippen LogP contribution in [0.4, 0.5) is 0 Å². The highest BCUT2D eigenvalue weighted by Crippen LogP contribution is 2.27. The van der Waals surface area contributed by atoms with Gasteiger partial charge in [0.25, 0.3) is 0 Å². The Morgan fingerprint density at radius 1 is 1.00 bits per heavy atom. The summed E-state index contributed by atoms with van der Waals surface area (Å²) in [5, 5.41) is 7.95. The number of hydrogen-bond acceptors (Lipinski definition) is 4. The van der Waals surface area contributed by atoms with Gasteiger partial charge < -0.3 is 10.6 Å². The summed E-state index contributed by atoms with van der Waals surface area (Å²) in [6, 6.07) is -1.33. The molecule has 7 nitrogen and oxygen atoms in total. The third kappa shape index (κ3) is 8.84. The third-order valence-corrected chi connectivity index (χ3v) is 6.26. The van der Waals surface area contributed by atoms with Gasteiger partial charge in [0.05, 0.1) is 0 Å². The Labute approximate surface area is 180 Å². The van der Waals surface area contributed by atoms with Crippen LogP contribution in [-0.2, 0) is 19.2 Å². The molecule has 170 valence electrons. The number of rotatable bonds is 12. The molecule has 4 amide bonds. The maximum absolute atomic E-state index is 12.9. The molecule has 1 heterocycles. The zero-order valence-corrected chi connectivity index (χ0v) is 18.5. The Balaban J connectivity index is 1.85. The summed E-state index contributed by atoms with van der Waals surface area (Å²) in [7, 11) is 0. The van der Waals surface area contributed by atoms with Gasteiger partial charge in [0.2, 0.25) is 23.6 Å². The summed E-state index contributed by atoms with van der Waals surface area (Å²) in [5.74, 6) is -0.757. The van der Waals surface area contributed by atoms with Gasteiger partial charge in [0.1, 0.15) is 12.1 Å². The van der Waals surface area contributed by atoms with Crippen LogP contribution in [0.3, 0.4) is 0 Å². The molecule has 1 saturated carbocycles. The lowest BCUT2D eigenvalue weighted by Crippen LogP contribution is -2.56. The van der Waals surface area contributed by atoms with E-state index in [0.29, 0.717) is 25.2 Å². The number of carbonyl (C=O) groups excluding carboxylic acids is 4. The first-order valence-corrected chi connectivity index (χ1v) is 11.9. The van der Waals surface area contributed by atoms with Crippen LogP contribution in [0.5, 0.6) is 0 Å². The molecule has 1 aliphatic heterocycles. The zero-order chi connectivity index (χ0) is 21.8. The lowest BCUT2D eigenvalue weighted by molar-refractivity contribution is -0.138. The fourth-order valence-corrected chi connectivity index (χ4v) is 4.42. The molecule has 0 bridgehead atoms. The van der Waals surface area contributed by atoms with Crippen molar-refractivity contribution in [3.63, 3.8) is 0 Å². The van der Waals surface area contributed by atoms with E-state index < -0.39 is 18.0 Å². The molecular formula is C23H39N3O4. The molecule has 0 aromatic rings. The van der Waals surface area contributed by atoms with Crippen LogP contribution in [0.15, 0.2) is 0 Å². The number of imide groups is 1. The second-order valence-corrected chi connectivity index (χ2v) is 8.89. The maximum Gasteiger partial charge on any atom is 0.249 e. The highest BCUT2D eigenvalue weighted by atomic mass is 16.2. The van der Waals surface area contributed by atoms with Crippen molar-refractivity contribution in [3.8, 4) is 0 Å². The number of hydrogen-bond donors (Lipinski definition) is 3. The summed E-state index contributed by atoms with van der Waals surface area (Å²) in [6.45, 7) is 2.18. The van der Waals surface area contributed by atoms with E-state index in [2.05, 4.69) is 22.9 Å². The van der Waals surface area contributed by atoms with Crippen LogP contribution in [0.2, 0.25) is 0 Å². The number of amides is 4. The topological polar surface area (TPSA) is 104 Å². The Bertz CT molecular complexity index is 587. The summed E-state index contributed by atoms with van der Waals surface area (Å²) in [6.07, 6.45) is 13.9. The average molecular weight is 422 g/mol. The Kier molecular flexibility index (Phi) is 10.9. The van der Waals surface area contributed by atoms with Gasteiger partial charge in [-0.3, -0.25) is 24.5 Å². The van der Waals surface area contributed by atoms with Crippen molar-refractivity contribution in [1.82, 2.24) is 16.0 Å². The first-order chi connectivity index (χ1) is 14.5. The van der Waals surface area contributed by atoms with Crippen molar-refractivity contribution in [2.45, 2.75) is 115 Å². The van der Waals surface area contributed by atoms with Crippen LogP contribution >= 0.6 is 0 Å². The number of piperidine rings is 1. The molecule has 0 spiro atoms. The van der Waals surface area contributed by atoms with Gasteiger partial charge in [-0.15, -0.1) is 0 Å². The molecule has 1 saturated heterocycles. The van der Waals surface area contributed by atoms with Crippen LogP contribution < -0.4 is 16.0 Å². The highest BCUT2D eigenvalue weighted by molar-refractivity contribution is 6.02. The second-order valence-electron chi connectivity index (χ2n) is 8.89. The van der Waals surface area contributed by atoms with Gasteiger partial charge in [-0.1, -0.05) is 71.1 Å². The molecule has 1 aliphatic carbocycles. The minimum atomic E-state index is -0.709. The molecule has 3 N–H and O–H groups in total. The first kappa shape index (κ1) is 24.4. The second kappa shape index (κ2) is 13.4. The standard InChI is InChI=1S/C23H39N3O4/c1-2-3-4-5-6-10-13-20(27)24-19(16-17-11-8-7-9-12-17)23(30)25-18-14-15-21(28)26-22(18)29/h17-19H,2-16H2,1H3,(H,24,27)(H,25,30)(H,26,28,29)/t18?,19-/m1/s1. The van der Waals surface area contributed by atoms with E-state index in [9.17, 15) is 19.2 Å². The summed E-state index contributed by atoms with van der Waals surface area (Å²) < 4.78 is 0. The molecule has 2 rings (SSSR count). The lowest BCUT2D eigenvalue weighted by atomic mass is 9.84. The van der Waals surface area contributed by atoms with Crippen molar-refractivity contribution in [3.05, 3.63) is 0 Å². The number of unbranched alkanes of at least 4 members (excludes halogenated alkanes) is 5. The Morgan fingerprint density at radius 3 is 2.40 bits per heavy atom. The molecule has 30 heavy (non-hydrogen) atoms. The van der Waals surface area contributed by atoms with Crippen molar-refractivity contribution in [1.29, 1.82) is 0 Å². The largest absolute Gasteiger partial charge is 0.344 e. The van der Waals surface area contributed by atoms with Gasteiger partial charge in [-0.2, -0.15) is 0 Å². The lowest BCUT2D eigenvalue weighted by Gasteiger charge is -2.29. The molecule has 7 heteroatoms. The van der Waals surface area contributed by atoms with Gasteiger partial charge in [-0.05, 0) is 25.2 Å². The van der Waals surface area contributed by atoms with Crippen LogP contribution in [0.25, 0.3) is 0 Å². The summed E-state index contributed by atoms with van der Waals surface area (Å²) in [5.41, 5.74) is 0. The quantitative estimate of drug-likeness (QED) is 0.333. The normalized spacial score (nSPS) is 21.0. The van der Waals surface area contributed by atoms with Crippen LogP contribution in [0.1, 0.15) is 103 Å². The summed E-state index contributed by atoms with van der Waals surface area (Å²) in [4.78, 5) is 48.7. The van der Waals surface area contributed by atoms with E-state index in [-0.39, 0.29) is 24.1 Å². The van der Waals surface area contributed by atoms with Crippen LogP contribution in [0, 0.1) is 5.92 Å². The molecular weight excluding hydrogens is 382 g/mol. The predicted octanol–water partition coefficient (Wildman–Crippen LogP) is 3.11. The van der Waals surface area contributed by atoms with E-state index in [1.54, 1.807) is 0 Å². The highest BCUT2D eigenvalue weighted by Gasteiger charge is 2.32. The minimum Gasteiger partial charge on any atom is -0.344 e.